The Bertz CT molecular complexity index is 420. The number of rotatable bonds is 6. The van der Waals surface area contributed by atoms with E-state index in [2.05, 4.69) is 22.4 Å². The molecule has 6 heteroatoms. The summed E-state index contributed by atoms with van der Waals surface area (Å²) in [7, 11) is 0. The first-order valence-electron chi connectivity index (χ1n) is 6.04. The first-order valence-corrected chi connectivity index (χ1v) is 7.67. The van der Waals surface area contributed by atoms with E-state index in [1.54, 1.807) is 6.21 Å². The van der Waals surface area contributed by atoms with Gasteiger partial charge in [-0.2, -0.15) is 5.10 Å². The van der Waals surface area contributed by atoms with Crippen molar-refractivity contribution < 1.29 is 5.11 Å². The summed E-state index contributed by atoms with van der Waals surface area (Å²) < 4.78 is 0.646. The number of hydrogen-bond donors (Lipinski definition) is 2. The minimum Gasteiger partial charge on any atom is -0.395 e. The Hall–Kier alpha value is -1.11. The summed E-state index contributed by atoms with van der Waals surface area (Å²) in [5, 5.41) is 13.0. The average molecular weight is 297 g/mol. The minimum absolute atomic E-state index is 0.160. The van der Waals surface area contributed by atoms with Crippen molar-refractivity contribution in [1.82, 2.24) is 5.43 Å². The van der Waals surface area contributed by atoms with Crippen LogP contribution in [-0.4, -0.2) is 41.6 Å². The van der Waals surface area contributed by atoms with Crippen molar-refractivity contribution in [1.29, 1.82) is 0 Å². The summed E-state index contributed by atoms with van der Waals surface area (Å²) in [4.78, 5) is 2.11. The molecule has 0 unspecified atom stereocenters. The fourth-order valence-corrected chi connectivity index (χ4v) is 1.76. The van der Waals surface area contributed by atoms with Crippen molar-refractivity contribution in [2.24, 2.45) is 5.10 Å². The number of likely N-dealkylation sites (N-methyl/N-ethyl adjacent to an activating group) is 1. The third-order valence-electron chi connectivity index (χ3n) is 2.56. The Balaban J connectivity index is 2.62. The van der Waals surface area contributed by atoms with E-state index < -0.39 is 0 Å². The van der Waals surface area contributed by atoms with Gasteiger partial charge in [-0.1, -0.05) is 36.1 Å². The Morgan fingerprint density at radius 1 is 1.47 bits per heavy atom. The molecule has 104 valence electrons. The third kappa shape index (κ3) is 5.59. The lowest BCUT2D eigenvalue weighted by atomic mass is 10.2. The van der Waals surface area contributed by atoms with E-state index >= 15 is 0 Å². The van der Waals surface area contributed by atoms with Gasteiger partial charge in [0.15, 0.2) is 4.32 Å². The molecule has 2 N–H and O–H groups in total. The third-order valence-corrected chi connectivity index (χ3v) is 3.62. The zero-order chi connectivity index (χ0) is 14.1. The van der Waals surface area contributed by atoms with Crippen LogP contribution < -0.4 is 10.3 Å². The van der Waals surface area contributed by atoms with Gasteiger partial charge < -0.3 is 10.0 Å². The Kier molecular flexibility index (Phi) is 7.47. The lowest BCUT2D eigenvalue weighted by Gasteiger charge is -2.21. The first-order chi connectivity index (χ1) is 9.21. The molecule has 4 nitrogen and oxygen atoms in total. The molecule has 0 atom stereocenters. The van der Waals surface area contributed by atoms with Crippen LogP contribution in [0, 0.1) is 0 Å². The summed E-state index contributed by atoms with van der Waals surface area (Å²) in [6.07, 6.45) is 3.63. The zero-order valence-electron chi connectivity index (χ0n) is 11.2. The van der Waals surface area contributed by atoms with Crippen LogP contribution in [0.5, 0.6) is 0 Å². The van der Waals surface area contributed by atoms with Gasteiger partial charge in [0, 0.05) is 18.8 Å². The molecule has 0 saturated heterocycles. The van der Waals surface area contributed by atoms with Crippen LogP contribution in [0.2, 0.25) is 0 Å². The summed E-state index contributed by atoms with van der Waals surface area (Å²) in [5.74, 6) is 0. The second kappa shape index (κ2) is 8.90. The molecule has 0 aliphatic carbocycles. The Morgan fingerprint density at radius 3 is 2.68 bits per heavy atom. The molecule has 0 radical (unpaired) electrons. The van der Waals surface area contributed by atoms with Crippen molar-refractivity contribution in [2.75, 3.05) is 30.9 Å². The molecule has 0 heterocycles. The molecule has 0 aliphatic heterocycles. The van der Waals surface area contributed by atoms with Gasteiger partial charge in [0.2, 0.25) is 0 Å². The summed E-state index contributed by atoms with van der Waals surface area (Å²) >= 11 is 6.43. The molecule has 1 aromatic carbocycles. The fraction of sp³-hybridized carbons (Fsp3) is 0.385. The van der Waals surface area contributed by atoms with Gasteiger partial charge >= 0.3 is 0 Å². The monoisotopic (exact) mass is 297 g/mol. The standard InChI is InChI=1S/C13H19N3OS2/c1-3-16(8-9-17)12-6-4-11(5-7-12)10-14-15-13(18)19-2/h4-7,10,17H,3,8-9H2,1-2H3,(H,15,18)/b14-10+. The molecule has 1 aromatic rings. The van der Waals surface area contributed by atoms with Crippen LogP contribution in [0.15, 0.2) is 29.4 Å². The van der Waals surface area contributed by atoms with E-state index in [-0.39, 0.29) is 6.61 Å². The number of nitrogens with zero attached hydrogens (tertiary/aromatic N) is 2. The topological polar surface area (TPSA) is 47.9 Å². The number of aliphatic hydroxyl groups is 1. The molecule has 0 saturated carbocycles. The van der Waals surface area contributed by atoms with Crippen LogP contribution in [0.1, 0.15) is 12.5 Å². The van der Waals surface area contributed by atoms with E-state index in [9.17, 15) is 0 Å². The molecular formula is C13H19N3OS2. The summed E-state index contributed by atoms with van der Waals surface area (Å²) in [5.41, 5.74) is 4.87. The fourth-order valence-electron chi connectivity index (χ4n) is 1.57. The Labute approximate surface area is 123 Å². The number of thioether (sulfide) groups is 1. The van der Waals surface area contributed by atoms with Gasteiger partial charge in [0.1, 0.15) is 0 Å². The molecule has 0 spiro atoms. The summed E-state index contributed by atoms with van der Waals surface area (Å²) in [6, 6.07) is 8.02. The second-order valence-corrected chi connectivity index (χ2v) is 5.24. The van der Waals surface area contributed by atoms with Crippen molar-refractivity contribution >= 4 is 40.2 Å². The summed E-state index contributed by atoms with van der Waals surface area (Å²) in [6.45, 7) is 3.75. The number of benzene rings is 1. The zero-order valence-corrected chi connectivity index (χ0v) is 12.8. The lowest BCUT2D eigenvalue weighted by molar-refractivity contribution is 0.302. The number of hydrogen-bond acceptors (Lipinski definition) is 5. The highest BCUT2D eigenvalue weighted by Gasteiger charge is 2.02. The van der Waals surface area contributed by atoms with Gasteiger partial charge in [-0.05, 0) is 30.9 Å². The molecule has 1 rings (SSSR count). The van der Waals surface area contributed by atoms with Crippen LogP contribution in [0.25, 0.3) is 0 Å². The molecule has 0 aromatic heterocycles. The van der Waals surface area contributed by atoms with Crippen LogP contribution >= 0.6 is 24.0 Å². The quantitative estimate of drug-likeness (QED) is 0.478. The molecule has 0 aliphatic rings. The van der Waals surface area contributed by atoms with Crippen molar-refractivity contribution in [2.45, 2.75) is 6.92 Å². The highest BCUT2D eigenvalue weighted by atomic mass is 32.2. The van der Waals surface area contributed by atoms with E-state index in [0.717, 1.165) is 17.8 Å². The minimum atomic E-state index is 0.160. The SMILES string of the molecule is CCN(CCO)c1ccc(/C=N/NC(=S)SC)cc1. The van der Waals surface area contributed by atoms with Gasteiger partial charge in [-0.15, -0.1) is 0 Å². The van der Waals surface area contributed by atoms with Gasteiger partial charge in [0.25, 0.3) is 0 Å². The average Bonchev–Trinajstić information content (AvgIpc) is 2.45. The van der Waals surface area contributed by atoms with Crippen LogP contribution in [0.4, 0.5) is 5.69 Å². The molecule has 0 amide bonds. The van der Waals surface area contributed by atoms with Crippen molar-refractivity contribution in [3.05, 3.63) is 29.8 Å². The number of thiocarbonyl (C=S) groups is 1. The van der Waals surface area contributed by atoms with E-state index in [1.807, 2.05) is 30.5 Å². The first kappa shape index (κ1) is 15.9. The number of nitrogens with one attached hydrogen (secondary N) is 1. The molecule has 0 bridgehead atoms. The predicted octanol–water partition coefficient (Wildman–Crippen LogP) is 2.08. The highest BCUT2D eigenvalue weighted by Crippen LogP contribution is 2.14. The largest absolute Gasteiger partial charge is 0.395 e. The molecule has 19 heavy (non-hydrogen) atoms. The number of aliphatic hydroxyl groups excluding tert-OH is 1. The van der Waals surface area contributed by atoms with Gasteiger partial charge in [0.05, 0.1) is 12.8 Å². The van der Waals surface area contributed by atoms with Gasteiger partial charge in [-0.25, -0.2) is 0 Å². The molecular weight excluding hydrogens is 278 g/mol. The maximum absolute atomic E-state index is 8.99. The van der Waals surface area contributed by atoms with Crippen molar-refractivity contribution in [3.8, 4) is 0 Å². The number of hydrazone groups is 1. The van der Waals surface area contributed by atoms with E-state index in [1.165, 1.54) is 11.8 Å². The van der Waals surface area contributed by atoms with E-state index in [4.69, 9.17) is 17.3 Å². The lowest BCUT2D eigenvalue weighted by Crippen LogP contribution is -2.25. The maximum atomic E-state index is 8.99. The van der Waals surface area contributed by atoms with Crippen molar-refractivity contribution in [3.63, 3.8) is 0 Å². The van der Waals surface area contributed by atoms with E-state index in [0.29, 0.717) is 10.9 Å². The normalized spacial score (nSPS) is 10.7. The van der Waals surface area contributed by atoms with Crippen LogP contribution in [-0.2, 0) is 0 Å². The van der Waals surface area contributed by atoms with Crippen LogP contribution in [0.3, 0.4) is 0 Å². The Morgan fingerprint density at radius 2 is 2.16 bits per heavy atom. The highest BCUT2D eigenvalue weighted by molar-refractivity contribution is 8.22. The number of anilines is 1. The molecule has 0 fully saturated rings. The maximum Gasteiger partial charge on any atom is 0.153 e. The predicted molar refractivity (Wildman–Crippen MR) is 88.3 cm³/mol. The second-order valence-electron chi connectivity index (χ2n) is 3.76. The van der Waals surface area contributed by atoms with Gasteiger partial charge in [-0.3, -0.25) is 5.43 Å². The smallest absolute Gasteiger partial charge is 0.153 e.